The van der Waals surface area contributed by atoms with Gasteiger partial charge in [0.2, 0.25) is 0 Å². The van der Waals surface area contributed by atoms with Crippen molar-refractivity contribution in [3.8, 4) is 0 Å². The van der Waals surface area contributed by atoms with Gasteiger partial charge in [-0.1, -0.05) is 15.9 Å². The van der Waals surface area contributed by atoms with Gasteiger partial charge in [0.05, 0.1) is 23.0 Å². The summed E-state index contributed by atoms with van der Waals surface area (Å²) in [7, 11) is 0. The topological polar surface area (TPSA) is 79.3 Å². The van der Waals surface area contributed by atoms with Gasteiger partial charge < -0.3 is 10.4 Å². The van der Waals surface area contributed by atoms with Gasteiger partial charge in [0.25, 0.3) is 5.91 Å². The molecular formula is C13H8Br2N2O3. The Hall–Kier alpha value is -1.73. The molecule has 0 unspecified atom stereocenters. The summed E-state index contributed by atoms with van der Waals surface area (Å²) < 4.78 is 1.43. The fourth-order valence-electron chi connectivity index (χ4n) is 1.54. The minimum Gasteiger partial charge on any atom is -0.478 e. The van der Waals surface area contributed by atoms with Gasteiger partial charge in [0.15, 0.2) is 0 Å². The molecule has 7 heteroatoms. The third-order valence-corrected chi connectivity index (χ3v) is 3.62. The number of carboxylic acid groups (broad SMARTS) is 1. The number of rotatable bonds is 3. The molecule has 0 radical (unpaired) electrons. The fourth-order valence-corrected chi connectivity index (χ4v) is 2.77. The van der Waals surface area contributed by atoms with Gasteiger partial charge >= 0.3 is 5.97 Å². The maximum Gasteiger partial charge on any atom is 0.337 e. The molecule has 2 rings (SSSR count). The summed E-state index contributed by atoms with van der Waals surface area (Å²) in [6.07, 6.45) is 2.66. The summed E-state index contributed by atoms with van der Waals surface area (Å²) in [5, 5.41) is 11.6. The van der Waals surface area contributed by atoms with Crippen LogP contribution in [0.15, 0.2) is 45.6 Å². The molecule has 102 valence electrons. The van der Waals surface area contributed by atoms with Gasteiger partial charge in [-0.05, 0) is 40.2 Å². The molecule has 20 heavy (non-hydrogen) atoms. The predicted octanol–water partition coefficient (Wildman–Crippen LogP) is 3.56. The van der Waals surface area contributed by atoms with Crippen LogP contribution in [0.4, 0.5) is 5.69 Å². The maximum absolute atomic E-state index is 12.1. The number of nitrogens with zero attached hydrogens (tertiary/aromatic N) is 1. The van der Waals surface area contributed by atoms with E-state index >= 15 is 0 Å². The van der Waals surface area contributed by atoms with Crippen molar-refractivity contribution in [3.05, 3.63) is 56.7 Å². The zero-order valence-electron chi connectivity index (χ0n) is 9.93. The van der Waals surface area contributed by atoms with Crippen LogP contribution in [0, 0.1) is 0 Å². The molecule has 2 N–H and O–H groups in total. The van der Waals surface area contributed by atoms with Crippen LogP contribution in [-0.4, -0.2) is 22.0 Å². The minimum absolute atomic E-state index is 0.0124. The van der Waals surface area contributed by atoms with Crippen LogP contribution >= 0.6 is 31.9 Å². The summed E-state index contributed by atoms with van der Waals surface area (Å²) in [5.74, 6) is -1.54. The van der Waals surface area contributed by atoms with Crippen LogP contribution in [-0.2, 0) is 0 Å². The first-order valence-electron chi connectivity index (χ1n) is 5.42. The molecule has 1 amide bonds. The van der Waals surface area contributed by atoms with Crippen molar-refractivity contribution in [1.82, 2.24) is 4.98 Å². The molecule has 2 aromatic rings. The summed E-state index contributed by atoms with van der Waals surface area (Å²) in [5.41, 5.74) is 0.537. The number of aromatic nitrogens is 1. The Bertz CT molecular complexity index is 689. The van der Waals surface area contributed by atoms with Gasteiger partial charge in [-0.15, -0.1) is 0 Å². The normalized spacial score (nSPS) is 10.1. The van der Waals surface area contributed by atoms with Crippen LogP contribution in [0.1, 0.15) is 20.7 Å². The van der Waals surface area contributed by atoms with E-state index in [0.717, 1.165) is 4.47 Å². The zero-order chi connectivity index (χ0) is 14.7. The molecule has 0 aliphatic heterocycles. The molecule has 1 heterocycles. The number of halogens is 2. The van der Waals surface area contributed by atoms with Crippen LogP contribution in [0.25, 0.3) is 0 Å². The third kappa shape index (κ3) is 3.23. The van der Waals surface area contributed by atoms with E-state index in [0.29, 0.717) is 10.0 Å². The Morgan fingerprint density at radius 1 is 1.15 bits per heavy atom. The van der Waals surface area contributed by atoms with E-state index in [9.17, 15) is 9.59 Å². The average Bonchev–Trinajstić information content (AvgIpc) is 2.38. The Morgan fingerprint density at radius 2 is 1.90 bits per heavy atom. The summed E-state index contributed by atoms with van der Waals surface area (Å²) in [6.45, 7) is 0. The second-order valence-electron chi connectivity index (χ2n) is 3.80. The van der Waals surface area contributed by atoms with E-state index in [4.69, 9.17) is 5.11 Å². The van der Waals surface area contributed by atoms with E-state index < -0.39 is 11.9 Å². The van der Waals surface area contributed by atoms with Gasteiger partial charge in [0, 0.05) is 15.1 Å². The van der Waals surface area contributed by atoms with Crippen molar-refractivity contribution >= 4 is 49.4 Å². The minimum atomic E-state index is -1.13. The lowest BCUT2D eigenvalue weighted by atomic mass is 10.2. The number of hydrogen-bond acceptors (Lipinski definition) is 3. The Kier molecular flexibility index (Phi) is 4.51. The molecule has 0 spiro atoms. The van der Waals surface area contributed by atoms with Gasteiger partial charge in [-0.25, -0.2) is 4.79 Å². The van der Waals surface area contributed by atoms with Crippen molar-refractivity contribution in [2.24, 2.45) is 0 Å². The largest absolute Gasteiger partial charge is 0.478 e. The summed E-state index contributed by atoms with van der Waals surface area (Å²) >= 11 is 6.58. The SMILES string of the molecule is O=C(Nc1cnccc1C(=O)O)c1ccc(Br)cc1Br. The van der Waals surface area contributed by atoms with E-state index in [1.165, 1.54) is 18.5 Å². The number of hydrogen-bond donors (Lipinski definition) is 2. The van der Waals surface area contributed by atoms with Crippen molar-refractivity contribution in [2.75, 3.05) is 5.32 Å². The van der Waals surface area contributed by atoms with Crippen LogP contribution < -0.4 is 5.32 Å². The highest BCUT2D eigenvalue weighted by molar-refractivity contribution is 9.11. The van der Waals surface area contributed by atoms with E-state index in [2.05, 4.69) is 42.2 Å². The van der Waals surface area contributed by atoms with Gasteiger partial charge in [0.1, 0.15) is 0 Å². The molecule has 0 bridgehead atoms. The quantitative estimate of drug-likeness (QED) is 0.826. The molecular weight excluding hydrogens is 392 g/mol. The first-order chi connectivity index (χ1) is 9.49. The zero-order valence-corrected chi connectivity index (χ0v) is 13.1. The number of anilines is 1. The number of nitrogens with one attached hydrogen (secondary N) is 1. The van der Waals surface area contributed by atoms with Crippen LogP contribution in [0.5, 0.6) is 0 Å². The number of aromatic carboxylic acids is 1. The highest BCUT2D eigenvalue weighted by Crippen LogP contribution is 2.23. The number of benzene rings is 1. The first kappa shape index (κ1) is 14.7. The molecule has 0 fully saturated rings. The van der Waals surface area contributed by atoms with Crippen molar-refractivity contribution < 1.29 is 14.7 Å². The van der Waals surface area contributed by atoms with Gasteiger partial charge in [-0.3, -0.25) is 9.78 Å². The van der Waals surface area contributed by atoms with Crippen molar-refractivity contribution in [2.45, 2.75) is 0 Å². The van der Waals surface area contributed by atoms with E-state index in [1.807, 2.05) is 0 Å². The maximum atomic E-state index is 12.1. The lowest BCUT2D eigenvalue weighted by Crippen LogP contribution is -2.15. The number of carbonyl (C=O) groups is 2. The fraction of sp³-hybridized carbons (Fsp3) is 0. The van der Waals surface area contributed by atoms with E-state index in [-0.39, 0.29) is 11.3 Å². The molecule has 0 saturated carbocycles. The second kappa shape index (κ2) is 6.15. The lowest BCUT2D eigenvalue weighted by Gasteiger charge is -2.09. The van der Waals surface area contributed by atoms with E-state index in [1.54, 1.807) is 18.2 Å². The highest BCUT2D eigenvalue weighted by Gasteiger charge is 2.15. The Morgan fingerprint density at radius 3 is 2.55 bits per heavy atom. The molecule has 5 nitrogen and oxygen atoms in total. The van der Waals surface area contributed by atoms with Gasteiger partial charge in [-0.2, -0.15) is 0 Å². The monoisotopic (exact) mass is 398 g/mol. The Labute approximate surface area is 131 Å². The number of pyridine rings is 1. The number of carboxylic acids is 1. The molecule has 1 aromatic heterocycles. The van der Waals surface area contributed by atoms with Crippen molar-refractivity contribution in [3.63, 3.8) is 0 Å². The molecule has 0 aliphatic rings. The second-order valence-corrected chi connectivity index (χ2v) is 5.57. The predicted molar refractivity (Wildman–Crippen MR) is 81.0 cm³/mol. The summed E-state index contributed by atoms with van der Waals surface area (Å²) in [4.78, 5) is 27.0. The average molecular weight is 400 g/mol. The Balaban J connectivity index is 2.30. The third-order valence-electron chi connectivity index (χ3n) is 2.48. The smallest absolute Gasteiger partial charge is 0.337 e. The van der Waals surface area contributed by atoms with Crippen LogP contribution in [0.2, 0.25) is 0 Å². The van der Waals surface area contributed by atoms with Crippen molar-refractivity contribution in [1.29, 1.82) is 0 Å². The van der Waals surface area contributed by atoms with Crippen LogP contribution in [0.3, 0.4) is 0 Å². The molecule has 0 aliphatic carbocycles. The number of amides is 1. The number of carbonyl (C=O) groups excluding carboxylic acids is 1. The first-order valence-corrected chi connectivity index (χ1v) is 7.01. The summed E-state index contributed by atoms with van der Waals surface area (Å²) in [6, 6.07) is 6.41. The molecule has 1 aromatic carbocycles. The molecule has 0 atom stereocenters. The lowest BCUT2D eigenvalue weighted by molar-refractivity contribution is 0.0698. The standard InChI is InChI=1S/C13H8Br2N2O3/c14-7-1-2-8(10(15)5-7)12(18)17-11-6-16-4-3-9(11)13(19)20/h1-6H,(H,17,18)(H,19,20). The molecule has 0 saturated heterocycles. The highest BCUT2D eigenvalue weighted by atomic mass is 79.9.